The first-order valence-electron chi connectivity index (χ1n) is 9.57. The number of nitrogens with zero attached hydrogens (tertiary/aromatic N) is 2. The van der Waals surface area contributed by atoms with Gasteiger partial charge in [-0.2, -0.15) is 5.26 Å². The molecule has 1 heterocycles. The van der Waals surface area contributed by atoms with Gasteiger partial charge in [0.15, 0.2) is 11.5 Å². The summed E-state index contributed by atoms with van der Waals surface area (Å²) in [4.78, 5) is 16.8. The molecule has 0 radical (unpaired) electrons. The molecule has 0 aliphatic carbocycles. The zero-order valence-corrected chi connectivity index (χ0v) is 18.4. The topological polar surface area (TPSA) is 93.5 Å². The van der Waals surface area contributed by atoms with Gasteiger partial charge in [0.2, 0.25) is 5.91 Å². The van der Waals surface area contributed by atoms with Gasteiger partial charge in [-0.3, -0.25) is 4.79 Å². The number of amides is 1. The van der Waals surface area contributed by atoms with Gasteiger partial charge in [-0.15, -0.1) is 0 Å². The Morgan fingerprint density at radius 1 is 1.06 bits per heavy atom. The van der Waals surface area contributed by atoms with Crippen LogP contribution in [-0.4, -0.2) is 44.5 Å². The number of nitriles is 1. The van der Waals surface area contributed by atoms with Crippen molar-refractivity contribution >= 4 is 28.6 Å². The van der Waals surface area contributed by atoms with Gasteiger partial charge in [-0.1, -0.05) is 17.8 Å². The highest BCUT2D eigenvalue weighted by Gasteiger charge is 2.11. The van der Waals surface area contributed by atoms with Gasteiger partial charge in [0, 0.05) is 18.0 Å². The lowest BCUT2D eigenvalue weighted by Crippen LogP contribution is -2.27. The summed E-state index contributed by atoms with van der Waals surface area (Å²) in [6, 6.07) is 15.1. The minimum atomic E-state index is -0.123. The molecule has 3 aromatic rings. The Hall–Kier alpha value is -3.44. The fraction of sp³-hybridized carbons (Fsp3) is 0.261. The van der Waals surface area contributed by atoms with Crippen LogP contribution in [0.1, 0.15) is 11.1 Å². The number of carbonyl (C=O) groups is 1. The number of methoxy groups -OCH3 is 3. The zero-order valence-electron chi connectivity index (χ0n) is 17.6. The normalized spacial score (nSPS) is 10.4. The van der Waals surface area contributed by atoms with Crippen molar-refractivity contribution in [2.75, 3.05) is 33.6 Å². The summed E-state index contributed by atoms with van der Waals surface area (Å²) in [5.41, 5.74) is 2.19. The Labute approximate surface area is 185 Å². The van der Waals surface area contributed by atoms with Gasteiger partial charge in [0.1, 0.15) is 16.8 Å². The first-order chi connectivity index (χ1) is 15.1. The quantitative estimate of drug-likeness (QED) is 0.511. The standard InChI is InChI=1S/C23H23N3O4S/c1-28-18-6-5-16-11-17(13-24)23(26-19(16)12-18)31-14-22(27)25-9-8-15-4-7-20(29-2)21(10-15)30-3/h4-7,10-12H,8-9,14H2,1-3H3,(H,25,27). The van der Waals surface area contributed by atoms with Crippen molar-refractivity contribution in [3.05, 3.63) is 53.6 Å². The van der Waals surface area contributed by atoms with Gasteiger partial charge in [-0.25, -0.2) is 4.98 Å². The molecular weight excluding hydrogens is 414 g/mol. The molecule has 0 unspecified atom stereocenters. The number of carbonyl (C=O) groups excluding carboxylic acids is 1. The van der Waals surface area contributed by atoms with Crippen molar-refractivity contribution in [1.82, 2.24) is 10.3 Å². The van der Waals surface area contributed by atoms with E-state index in [1.165, 1.54) is 11.8 Å². The molecule has 0 fully saturated rings. The molecule has 1 aromatic heterocycles. The van der Waals surface area contributed by atoms with Crippen LogP contribution in [0.2, 0.25) is 0 Å². The van der Waals surface area contributed by atoms with Crippen LogP contribution in [0.5, 0.6) is 17.2 Å². The molecule has 1 N–H and O–H groups in total. The third-order valence-electron chi connectivity index (χ3n) is 4.63. The minimum Gasteiger partial charge on any atom is -0.497 e. The van der Waals surface area contributed by atoms with E-state index in [0.29, 0.717) is 40.8 Å². The summed E-state index contributed by atoms with van der Waals surface area (Å²) in [6.45, 7) is 0.488. The lowest BCUT2D eigenvalue weighted by atomic mass is 10.1. The molecule has 160 valence electrons. The van der Waals surface area contributed by atoms with Crippen LogP contribution >= 0.6 is 11.8 Å². The molecule has 31 heavy (non-hydrogen) atoms. The molecule has 8 heteroatoms. The molecule has 0 saturated carbocycles. The summed E-state index contributed by atoms with van der Waals surface area (Å²) in [5.74, 6) is 2.06. The highest BCUT2D eigenvalue weighted by molar-refractivity contribution is 8.00. The first-order valence-corrected chi connectivity index (χ1v) is 10.6. The zero-order chi connectivity index (χ0) is 22.2. The van der Waals surface area contributed by atoms with E-state index in [0.717, 1.165) is 16.5 Å². The Kier molecular flexibility index (Phi) is 7.57. The van der Waals surface area contributed by atoms with Crippen LogP contribution in [0.3, 0.4) is 0 Å². The third-order valence-corrected chi connectivity index (χ3v) is 5.63. The van der Waals surface area contributed by atoms with Gasteiger partial charge in [-0.05, 0) is 42.3 Å². The van der Waals surface area contributed by atoms with E-state index in [2.05, 4.69) is 16.4 Å². The lowest BCUT2D eigenvalue weighted by molar-refractivity contribution is -0.118. The van der Waals surface area contributed by atoms with Crippen molar-refractivity contribution in [2.24, 2.45) is 0 Å². The van der Waals surface area contributed by atoms with Crippen LogP contribution in [-0.2, 0) is 11.2 Å². The molecule has 0 bridgehead atoms. The maximum absolute atomic E-state index is 12.3. The van der Waals surface area contributed by atoms with E-state index in [9.17, 15) is 10.1 Å². The number of ether oxygens (including phenoxy) is 3. The van der Waals surface area contributed by atoms with Crippen molar-refractivity contribution < 1.29 is 19.0 Å². The maximum atomic E-state index is 12.3. The average Bonchev–Trinajstić information content (AvgIpc) is 2.81. The number of benzene rings is 2. The monoisotopic (exact) mass is 437 g/mol. The number of nitrogens with one attached hydrogen (secondary N) is 1. The van der Waals surface area contributed by atoms with E-state index >= 15 is 0 Å². The second-order valence-corrected chi connectivity index (χ2v) is 7.55. The van der Waals surface area contributed by atoms with Crippen LogP contribution in [0.15, 0.2) is 47.5 Å². The molecule has 1 amide bonds. The van der Waals surface area contributed by atoms with Crippen LogP contribution < -0.4 is 19.5 Å². The number of hydrogen-bond donors (Lipinski definition) is 1. The summed E-state index contributed by atoms with van der Waals surface area (Å²) >= 11 is 1.24. The summed E-state index contributed by atoms with van der Waals surface area (Å²) < 4.78 is 15.8. The Bertz CT molecular complexity index is 1130. The largest absolute Gasteiger partial charge is 0.497 e. The molecule has 0 aliphatic rings. The number of thioether (sulfide) groups is 1. The molecule has 2 aromatic carbocycles. The van der Waals surface area contributed by atoms with Crippen molar-refractivity contribution in [1.29, 1.82) is 5.26 Å². The third kappa shape index (κ3) is 5.58. The molecule has 0 aliphatic heterocycles. The summed E-state index contributed by atoms with van der Waals surface area (Å²) in [7, 11) is 4.77. The van der Waals surface area contributed by atoms with Gasteiger partial charge >= 0.3 is 0 Å². The highest BCUT2D eigenvalue weighted by Crippen LogP contribution is 2.28. The van der Waals surface area contributed by atoms with E-state index in [1.807, 2.05) is 36.4 Å². The number of fused-ring (bicyclic) bond motifs is 1. The van der Waals surface area contributed by atoms with E-state index < -0.39 is 0 Å². The molecule has 0 saturated heterocycles. The first kappa shape index (κ1) is 22.2. The summed E-state index contributed by atoms with van der Waals surface area (Å²) in [5, 5.41) is 13.7. The predicted octanol–water partition coefficient (Wildman–Crippen LogP) is 3.58. The highest BCUT2D eigenvalue weighted by atomic mass is 32.2. The molecule has 7 nitrogen and oxygen atoms in total. The van der Waals surface area contributed by atoms with Gasteiger partial charge in [0.05, 0.1) is 38.2 Å². The molecule has 3 rings (SSSR count). The van der Waals surface area contributed by atoms with Crippen molar-refractivity contribution in [3.8, 4) is 23.3 Å². The number of hydrogen-bond acceptors (Lipinski definition) is 7. The number of rotatable bonds is 9. The van der Waals surface area contributed by atoms with Crippen molar-refractivity contribution in [3.63, 3.8) is 0 Å². The SMILES string of the molecule is COc1ccc2cc(C#N)c(SCC(=O)NCCc3ccc(OC)c(OC)c3)nc2c1. The van der Waals surface area contributed by atoms with Crippen LogP contribution in [0, 0.1) is 11.3 Å². The molecular formula is C23H23N3O4S. The van der Waals surface area contributed by atoms with Crippen LogP contribution in [0.25, 0.3) is 10.9 Å². The number of pyridine rings is 1. The van der Waals surface area contributed by atoms with Gasteiger partial charge in [0.25, 0.3) is 0 Å². The minimum absolute atomic E-state index is 0.123. The van der Waals surface area contributed by atoms with E-state index in [-0.39, 0.29) is 11.7 Å². The Balaban J connectivity index is 1.58. The Morgan fingerprint density at radius 2 is 1.87 bits per heavy atom. The second kappa shape index (κ2) is 10.5. The van der Waals surface area contributed by atoms with E-state index in [4.69, 9.17) is 14.2 Å². The second-order valence-electron chi connectivity index (χ2n) is 6.59. The fourth-order valence-electron chi connectivity index (χ4n) is 3.01. The molecule has 0 spiro atoms. The lowest BCUT2D eigenvalue weighted by Gasteiger charge is -2.10. The maximum Gasteiger partial charge on any atom is 0.230 e. The summed E-state index contributed by atoms with van der Waals surface area (Å²) in [6.07, 6.45) is 0.661. The fourth-order valence-corrected chi connectivity index (χ4v) is 3.81. The Morgan fingerprint density at radius 3 is 2.58 bits per heavy atom. The smallest absolute Gasteiger partial charge is 0.230 e. The predicted molar refractivity (Wildman–Crippen MR) is 120 cm³/mol. The average molecular weight is 438 g/mol. The van der Waals surface area contributed by atoms with Crippen molar-refractivity contribution in [2.45, 2.75) is 11.4 Å². The number of aromatic nitrogens is 1. The van der Waals surface area contributed by atoms with E-state index in [1.54, 1.807) is 27.4 Å². The van der Waals surface area contributed by atoms with Gasteiger partial charge < -0.3 is 19.5 Å². The van der Waals surface area contributed by atoms with Crippen LogP contribution in [0.4, 0.5) is 0 Å². The molecule has 0 atom stereocenters.